The highest BCUT2D eigenvalue weighted by atomic mass is 35.5. The first-order valence-electron chi connectivity index (χ1n) is 17.3. The zero-order valence-corrected chi connectivity index (χ0v) is 30.4. The summed E-state index contributed by atoms with van der Waals surface area (Å²) in [6.45, 7) is 7.24. The standard InChI is InChI=1S/C37H50ClN3O6S/c1-6-33(37(43)40(4)5)47-34-12-9-10-24(2)25(3)48(44,45)39-36(42)27-15-18-35-32(21-27)41(22-28-14-17-31(28)34)19-8-7-11-26-20-30(38)16-13-29(26)23-46-35/h9,12-13,15-16,18,20-21,24-25,28,31,33-34H,6-8,10-11,14,17,19,22-23H2,1-5H3,(H,39,42)/b12-9+/t24-,25+,28-,31+,33+,34-/m0/s1. The molecule has 1 N–H and O–H groups in total. The van der Waals surface area contributed by atoms with Gasteiger partial charge in [-0.25, -0.2) is 13.1 Å². The van der Waals surface area contributed by atoms with Crippen molar-refractivity contribution in [2.75, 3.05) is 32.1 Å². The molecule has 2 heterocycles. The number of hydrogen-bond donors (Lipinski definition) is 1. The van der Waals surface area contributed by atoms with Crippen molar-refractivity contribution in [1.29, 1.82) is 0 Å². The number of fused-ring (bicyclic) bond motifs is 3. The third-order valence-electron chi connectivity index (χ3n) is 10.4. The molecule has 2 aliphatic heterocycles. The van der Waals surface area contributed by atoms with Crippen LogP contribution in [0.3, 0.4) is 0 Å². The summed E-state index contributed by atoms with van der Waals surface area (Å²) in [6, 6.07) is 11.1. The molecule has 2 bridgehead atoms. The molecule has 1 fully saturated rings. The van der Waals surface area contributed by atoms with E-state index >= 15 is 0 Å². The fourth-order valence-corrected chi connectivity index (χ4v) is 8.40. The molecule has 3 aliphatic rings. The number of carbonyl (C=O) groups is 2. The number of carbonyl (C=O) groups excluding carboxylic acids is 2. The van der Waals surface area contributed by atoms with Gasteiger partial charge in [0, 0.05) is 37.8 Å². The summed E-state index contributed by atoms with van der Waals surface area (Å²) in [7, 11) is -0.485. The third kappa shape index (κ3) is 8.37. The minimum absolute atomic E-state index is 0.0641. The number of rotatable bonds is 4. The molecule has 1 saturated carbocycles. The van der Waals surface area contributed by atoms with Gasteiger partial charge in [0.05, 0.1) is 17.0 Å². The molecule has 2 aromatic rings. The van der Waals surface area contributed by atoms with Crippen molar-refractivity contribution in [3.63, 3.8) is 0 Å². The summed E-state index contributed by atoms with van der Waals surface area (Å²) in [6.07, 6.45) is 8.89. The third-order valence-corrected chi connectivity index (χ3v) is 12.5. The average molecular weight is 700 g/mol. The van der Waals surface area contributed by atoms with Crippen LogP contribution in [0.15, 0.2) is 48.6 Å². The molecule has 0 radical (unpaired) electrons. The quantitative estimate of drug-likeness (QED) is 0.369. The van der Waals surface area contributed by atoms with Crippen LogP contribution in [0.1, 0.15) is 80.8 Å². The molecular formula is C37H50ClN3O6S. The zero-order chi connectivity index (χ0) is 34.6. The minimum Gasteiger partial charge on any atom is -0.487 e. The maximum Gasteiger partial charge on any atom is 0.264 e. The first kappa shape index (κ1) is 36.2. The molecule has 0 saturated heterocycles. The molecule has 11 heteroatoms. The van der Waals surface area contributed by atoms with Gasteiger partial charge in [-0.1, -0.05) is 43.7 Å². The van der Waals surface area contributed by atoms with Crippen LogP contribution in [0.2, 0.25) is 5.02 Å². The van der Waals surface area contributed by atoms with Gasteiger partial charge in [0.25, 0.3) is 11.8 Å². The van der Waals surface area contributed by atoms with Crippen molar-refractivity contribution in [3.05, 3.63) is 70.3 Å². The van der Waals surface area contributed by atoms with Gasteiger partial charge in [-0.15, -0.1) is 0 Å². The van der Waals surface area contributed by atoms with Crippen LogP contribution in [0.5, 0.6) is 5.75 Å². The van der Waals surface area contributed by atoms with E-state index in [4.69, 9.17) is 21.1 Å². The Hall–Kier alpha value is -3.08. The highest BCUT2D eigenvalue weighted by Crippen LogP contribution is 2.42. The second-order valence-corrected chi connectivity index (χ2v) is 16.3. The maximum absolute atomic E-state index is 13.5. The van der Waals surface area contributed by atoms with Gasteiger partial charge < -0.3 is 19.3 Å². The van der Waals surface area contributed by atoms with E-state index in [-0.39, 0.29) is 35.3 Å². The highest BCUT2D eigenvalue weighted by molar-refractivity contribution is 7.90. The Balaban J connectivity index is 1.54. The summed E-state index contributed by atoms with van der Waals surface area (Å²) in [4.78, 5) is 30.4. The van der Waals surface area contributed by atoms with E-state index < -0.39 is 27.3 Å². The van der Waals surface area contributed by atoms with E-state index in [9.17, 15) is 18.0 Å². The number of benzene rings is 2. The first-order chi connectivity index (χ1) is 22.9. The highest BCUT2D eigenvalue weighted by Gasteiger charge is 2.40. The molecule has 0 aromatic heterocycles. The van der Waals surface area contributed by atoms with Crippen LogP contribution >= 0.6 is 11.6 Å². The molecule has 262 valence electrons. The Labute approximate surface area is 291 Å². The lowest BCUT2D eigenvalue weighted by molar-refractivity contribution is -0.148. The number of ether oxygens (including phenoxy) is 2. The van der Waals surface area contributed by atoms with Crippen LogP contribution in [0.4, 0.5) is 5.69 Å². The number of likely N-dealkylation sites (N-methyl/N-ethyl adjacent to an activating group) is 1. The van der Waals surface area contributed by atoms with E-state index in [0.29, 0.717) is 36.8 Å². The van der Waals surface area contributed by atoms with Crippen molar-refractivity contribution >= 4 is 39.1 Å². The van der Waals surface area contributed by atoms with E-state index in [1.807, 2.05) is 44.2 Å². The normalized spacial score (nSPS) is 27.4. The number of nitrogens with one attached hydrogen (secondary N) is 1. The largest absolute Gasteiger partial charge is 0.487 e. The molecule has 48 heavy (non-hydrogen) atoms. The van der Waals surface area contributed by atoms with Crippen molar-refractivity contribution in [2.45, 2.75) is 89.8 Å². The monoisotopic (exact) mass is 699 g/mol. The minimum atomic E-state index is -3.97. The lowest BCUT2D eigenvalue weighted by atomic mass is 9.70. The summed E-state index contributed by atoms with van der Waals surface area (Å²) in [5.74, 6) is 0.103. The SMILES string of the molecule is CC[C@@H](O[C@H]1/C=C/C[C@H](C)[C@@H](C)S(=O)(=O)NC(=O)c2ccc3c(c2)N(CCCCc2cc(Cl)ccc2CO3)C[C@@H]2CC[C@H]21)C(=O)N(C)C. The van der Waals surface area contributed by atoms with Gasteiger partial charge in [-0.2, -0.15) is 0 Å². The predicted octanol–water partition coefficient (Wildman–Crippen LogP) is 6.38. The Morgan fingerprint density at radius 2 is 1.92 bits per heavy atom. The average Bonchev–Trinajstić information content (AvgIpc) is 3.07. The van der Waals surface area contributed by atoms with E-state index in [2.05, 4.69) is 9.62 Å². The molecule has 0 unspecified atom stereocenters. The Bertz CT molecular complexity index is 1610. The molecular weight excluding hydrogens is 650 g/mol. The predicted molar refractivity (Wildman–Crippen MR) is 190 cm³/mol. The zero-order valence-electron chi connectivity index (χ0n) is 28.8. The fraction of sp³-hybridized carbons (Fsp3) is 0.568. The van der Waals surface area contributed by atoms with Gasteiger partial charge in [-0.3, -0.25) is 9.59 Å². The van der Waals surface area contributed by atoms with Crippen LogP contribution in [0.25, 0.3) is 0 Å². The van der Waals surface area contributed by atoms with Crippen LogP contribution < -0.4 is 14.4 Å². The fourth-order valence-electron chi connectivity index (χ4n) is 6.92. The van der Waals surface area contributed by atoms with Crippen molar-refractivity contribution < 1.29 is 27.5 Å². The molecule has 6 atom stereocenters. The number of amides is 2. The number of aryl methyl sites for hydroxylation is 1. The van der Waals surface area contributed by atoms with Gasteiger partial charge in [0.2, 0.25) is 10.0 Å². The number of nitrogens with zero attached hydrogens (tertiary/aromatic N) is 2. The van der Waals surface area contributed by atoms with Gasteiger partial charge in [0.1, 0.15) is 18.5 Å². The van der Waals surface area contributed by atoms with Gasteiger partial charge in [-0.05, 0) is 111 Å². The van der Waals surface area contributed by atoms with Crippen molar-refractivity contribution in [2.24, 2.45) is 17.8 Å². The lowest BCUT2D eigenvalue weighted by Crippen LogP contribution is -2.46. The van der Waals surface area contributed by atoms with Crippen molar-refractivity contribution in [3.8, 4) is 5.75 Å². The van der Waals surface area contributed by atoms with Crippen LogP contribution in [-0.2, 0) is 32.6 Å². The first-order valence-corrected chi connectivity index (χ1v) is 19.2. The van der Waals surface area contributed by atoms with E-state index in [1.54, 1.807) is 44.1 Å². The molecule has 9 nitrogen and oxygen atoms in total. The molecule has 2 aromatic carbocycles. The number of sulfonamides is 1. The molecule has 1 aliphatic carbocycles. The topological polar surface area (TPSA) is 105 Å². The van der Waals surface area contributed by atoms with E-state index in [1.165, 1.54) is 0 Å². The number of halogens is 1. The van der Waals surface area contributed by atoms with E-state index in [0.717, 1.165) is 55.5 Å². The molecule has 2 amide bonds. The Kier molecular flexibility index (Phi) is 11.8. The van der Waals surface area contributed by atoms with Crippen LogP contribution in [-0.4, -0.2) is 69.8 Å². The second-order valence-electron chi connectivity index (χ2n) is 13.8. The summed E-state index contributed by atoms with van der Waals surface area (Å²) in [5, 5.41) is -0.120. The molecule has 0 spiro atoms. The van der Waals surface area contributed by atoms with Crippen LogP contribution in [0, 0.1) is 17.8 Å². The number of hydrogen-bond acceptors (Lipinski definition) is 7. The van der Waals surface area contributed by atoms with Gasteiger partial charge >= 0.3 is 0 Å². The smallest absolute Gasteiger partial charge is 0.264 e. The lowest BCUT2D eigenvalue weighted by Gasteiger charge is -2.44. The second kappa shape index (κ2) is 15.6. The summed E-state index contributed by atoms with van der Waals surface area (Å²) >= 11 is 6.35. The maximum atomic E-state index is 13.5. The number of allylic oxidation sites excluding steroid dienone is 1. The molecule has 5 rings (SSSR count). The number of anilines is 1. The summed E-state index contributed by atoms with van der Waals surface area (Å²) < 4.78 is 42.2. The summed E-state index contributed by atoms with van der Waals surface area (Å²) in [5.41, 5.74) is 3.25. The Morgan fingerprint density at radius 3 is 2.62 bits per heavy atom. The van der Waals surface area contributed by atoms with Gasteiger partial charge in [0.15, 0.2) is 0 Å². The Morgan fingerprint density at radius 1 is 1.12 bits per heavy atom. The van der Waals surface area contributed by atoms with Crippen molar-refractivity contribution in [1.82, 2.24) is 9.62 Å².